The number of guanidine groups is 1. The molecule has 1 fully saturated rings. The Balaban J connectivity index is 0.000000500. The van der Waals surface area contributed by atoms with Gasteiger partial charge in [-0.05, 0) is 68.5 Å². The number of carboxylic acids is 2. The van der Waals surface area contributed by atoms with Gasteiger partial charge in [0.05, 0.1) is 6.16 Å². The smallest absolute Gasteiger partial charge is 0.490 e. The Labute approximate surface area is 280 Å². The van der Waals surface area contributed by atoms with Gasteiger partial charge in [0.25, 0.3) is 0 Å². The molecule has 1 saturated carbocycles. The molecule has 0 bridgehead atoms. The highest BCUT2D eigenvalue weighted by Gasteiger charge is 2.49. The van der Waals surface area contributed by atoms with Gasteiger partial charge in [-0.25, -0.2) is 4.79 Å². The number of hydrogen-bond donors (Lipinski definition) is 3. The van der Waals surface area contributed by atoms with Crippen LogP contribution < -0.4 is 26.8 Å². The third kappa shape index (κ3) is 12.2. The van der Waals surface area contributed by atoms with Crippen LogP contribution in [0.3, 0.4) is 0 Å². The minimum absolute atomic E-state index is 0.0344. The summed E-state index contributed by atoms with van der Waals surface area (Å²) >= 11 is 0. The number of benzene rings is 3. The Morgan fingerprint density at radius 3 is 1.45 bits per heavy atom. The van der Waals surface area contributed by atoms with Gasteiger partial charge < -0.3 is 25.6 Å². The lowest BCUT2D eigenvalue weighted by molar-refractivity contribution is -0.344. The van der Waals surface area contributed by atoms with E-state index >= 15 is 0 Å². The van der Waals surface area contributed by atoms with Crippen molar-refractivity contribution >= 4 is 46.9 Å². The fraction of sp³-hybridized carbons (Fsp3) is 0.353. The molecule has 8 nitrogen and oxygen atoms in total. The number of carbonyl (C=O) groups is 3. The van der Waals surface area contributed by atoms with Crippen molar-refractivity contribution in [2.45, 2.75) is 50.9 Å². The van der Waals surface area contributed by atoms with Crippen LogP contribution >= 0.6 is 7.26 Å². The maximum atomic E-state index is 13.0. The third-order valence-corrected chi connectivity index (χ3v) is 12.4. The number of Topliss-reactive ketones (excluding diaryl/α,β-unsaturated/α-hetero) is 1. The van der Waals surface area contributed by atoms with Crippen LogP contribution in [0.5, 0.6) is 0 Å². The van der Waals surface area contributed by atoms with Crippen LogP contribution in [0.1, 0.15) is 38.5 Å². The van der Waals surface area contributed by atoms with Crippen molar-refractivity contribution in [2.24, 2.45) is 11.1 Å². The molecular weight excluding hydrogens is 675 g/mol. The molecule has 4 rings (SSSR count). The molecule has 0 radical (unpaired) electrons. The predicted octanol–water partition coefficient (Wildman–Crippen LogP) is 4.65. The van der Waals surface area contributed by atoms with Gasteiger partial charge in [-0.2, -0.15) is 26.3 Å². The fourth-order valence-corrected chi connectivity index (χ4v) is 9.58. The summed E-state index contributed by atoms with van der Waals surface area (Å²) in [6.07, 6.45) is -3.67. The van der Waals surface area contributed by atoms with Crippen molar-refractivity contribution < 1.29 is 50.9 Å². The molecular formula is C34H38F6N3O5P. The van der Waals surface area contributed by atoms with Crippen molar-refractivity contribution in [2.75, 3.05) is 19.8 Å². The van der Waals surface area contributed by atoms with E-state index in [9.17, 15) is 31.1 Å². The molecule has 0 atom stereocenters. The topological polar surface area (TPSA) is 148 Å². The second-order valence-corrected chi connectivity index (χ2v) is 15.0. The van der Waals surface area contributed by atoms with Crippen LogP contribution in [0.25, 0.3) is 0 Å². The summed E-state index contributed by atoms with van der Waals surface area (Å²) < 4.78 is 63.3. The van der Waals surface area contributed by atoms with E-state index < -0.39 is 31.6 Å². The standard InChI is InChI=1S/C30H37N3OP.2C2HF3O2/c1-33(29(31)32)24-30(21-22-30)28(34)20-12-5-13-23-35(25-14-6-2-7-15-25,26-16-8-3-9-17-26)27-18-10-4-11-19-27;2*3-2(4,5)1(6)7/h2-4,6-11,14-19H,5,12-13,20-24H2,1H3,(H3,31,32);2*(H,6,7)/q+1;;/p-1. The summed E-state index contributed by atoms with van der Waals surface area (Å²) in [6.45, 7) is 0.575. The third-order valence-electron chi connectivity index (χ3n) is 7.86. The second kappa shape index (κ2) is 17.8. The Morgan fingerprint density at radius 1 is 0.796 bits per heavy atom. The van der Waals surface area contributed by atoms with E-state index in [2.05, 4.69) is 91.0 Å². The van der Waals surface area contributed by atoms with Crippen molar-refractivity contribution in [3.63, 3.8) is 0 Å². The molecule has 0 aliphatic heterocycles. The number of aliphatic carboxylic acids is 2. The monoisotopic (exact) mass is 713 g/mol. The molecule has 0 unspecified atom stereocenters. The molecule has 0 amide bonds. The van der Waals surface area contributed by atoms with E-state index in [-0.39, 0.29) is 11.4 Å². The molecule has 4 N–H and O–H groups in total. The number of carbonyl (C=O) groups excluding carboxylic acids is 2. The van der Waals surface area contributed by atoms with E-state index in [1.165, 1.54) is 15.9 Å². The largest absolute Gasteiger partial charge is 0.542 e. The summed E-state index contributed by atoms with van der Waals surface area (Å²) in [7, 11) is 0.00497. The van der Waals surface area contributed by atoms with Crippen LogP contribution in [0.15, 0.2) is 91.0 Å². The number of ketones is 1. The highest BCUT2D eigenvalue weighted by molar-refractivity contribution is 7.95. The molecule has 266 valence electrons. The maximum Gasteiger partial charge on any atom is 0.490 e. The number of alkyl halides is 6. The first-order valence-electron chi connectivity index (χ1n) is 15.1. The predicted molar refractivity (Wildman–Crippen MR) is 174 cm³/mol. The zero-order valence-corrected chi connectivity index (χ0v) is 27.5. The normalized spacial score (nSPS) is 13.4. The number of hydrogen-bond acceptors (Lipinski definition) is 5. The average molecular weight is 714 g/mol. The molecule has 0 saturated heterocycles. The second-order valence-electron chi connectivity index (χ2n) is 11.4. The Kier molecular flexibility index (Phi) is 14.8. The van der Waals surface area contributed by atoms with Crippen molar-refractivity contribution in [1.82, 2.24) is 4.90 Å². The summed E-state index contributed by atoms with van der Waals surface area (Å²) in [5, 5.41) is 27.8. The Hall–Kier alpha value is -4.45. The lowest BCUT2D eigenvalue weighted by Gasteiger charge is -2.27. The number of rotatable bonds is 12. The Morgan fingerprint density at radius 2 is 1.16 bits per heavy atom. The molecule has 1 aliphatic carbocycles. The molecule has 0 spiro atoms. The van der Waals surface area contributed by atoms with Gasteiger partial charge in [-0.3, -0.25) is 10.2 Å². The van der Waals surface area contributed by atoms with Gasteiger partial charge >= 0.3 is 18.3 Å². The zero-order chi connectivity index (χ0) is 36.9. The van der Waals surface area contributed by atoms with Crippen LogP contribution in [0, 0.1) is 10.8 Å². The number of nitrogens with zero attached hydrogens (tertiary/aromatic N) is 1. The zero-order valence-electron chi connectivity index (χ0n) is 26.6. The minimum atomic E-state index is -5.19. The van der Waals surface area contributed by atoms with Crippen molar-refractivity contribution in [3.05, 3.63) is 91.0 Å². The highest BCUT2D eigenvalue weighted by atomic mass is 31.2. The quantitative estimate of drug-likeness (QED) is 0.0815. The van der Waals surface area contributed by atoms with Crippen molar-refractivity contribution in [1.29, 1.82) is 5.41 Å². The minimum Gasteiger partial charge on any atom is -0.542 e. The summed E-state index contributed by atoms with van der Waals surface area (Å²) in [5.74, 6) is -5.38. The van der Waals surface area contributed by atoms with Gasteiger partial charge in [0.1, 0.15) is 34.9 Å². The van der Waals surface area contributed by atoms with Gasteiger partial charge in [-0.1, -0.05) is 54.6 Å². The lowest BCUT2D eigenvalue weighted by Crippen LogP contribution is -2.39. The molecule has 3 aromatic carbocycles. The van der Waals surface area contributed by atoms with Crippen LogP contribution in [-0.4, -0.2) is 65.8 Å². The van der Waals surface area contributed by atoms with Crippen molar-refractivity contribution in [3.8, 4) is 0 Å². The average Bonchev–Trinajstić information content (AvgIpc) is 3.84. The number of nitrogens with two attached hydrogens (primary N) is 1. The molecule has 15 heteroatoms. The lowest BCUT2D eigenvalue weighted by atomic mass is 9.95. The van der Waals surface area contributed by atoms with Crippen LogP contribution in [0.4, 0.5) is 26.3 Å². The van der Waals surface area contributed by atoms with Gasteiger partial charge in [-0.15, -0.1) is 0 Å². The first-order chi connectivity index (χ1) is 22.9. The number of nitrogens with one attached hydrogen (secondary N) is 1. The summed E-state index contributed by atoms with van der Waals surface area (Å²) in [4.78, 5) is 32.4. The molecule has 1 aliphatic rings. The summed E-state index contributed by atoms with van der Waals surface area (Å²) in [6, 6.07) is 33.0. The SMILES string of the molecule is CN(CC1(C(=O)CCCCC[P+](c2ccccc2)(c2ccccc2)c2ccccc2)CC1)C(=N)N.O=C(O)C(F)(F)F.O=C([O-])C(F)(F)F. The first-order valence-corrected chi connectivity index (χ1v) is 17.1. The van der Waals surface area contributed by atoms with Crippen LogP contribution in [0.2, 0.25) is 0 Å². The Bertz CT molecular complexity index is 1400. The number of unbranched alkanes of at least 4 members (excludes halogenated alkanes) is 2. The highest BCUT2D eigenvalue weighted by Crippen LogP contribution is 2.56. The van der Waals surface area contributed by atoms with E-state index in [1.54, 1.807) is 11.9 Å². The first kappa shape index (κ1) is 40.7. The molecule has 3 aromatic rings. The molecule has 0 heterocycles. The number of carboxylic acid groups (broad SMARTS) is 2. The van der Waals surface area contributed by atoms with Crippen LogP contribution in [-0.2, 0) is 14.4 Å². The van der Waals surface area contributed by atoms with E-state index in [0.717, 1.165) is 38.3 Å². The van der Waals surface area contributed by atoms with E-state index in [0.29, 0.717) is 18.7 Å². The van der Waals surface area contributed by atoms with E-state index in [4.69, 9.17) is 30.9 Å². The van der Waals surface area contributed by atoms with Gasteiger partial charge in [0.15, 0.2) is 5.96 Å². The molecule has 49 heavy (non-hydrogen) atoms. The van der Waals surface area contributed by atoms with Gasteiger partial charge in [0.2, 0.25) is 0 Å². The van der Waals surface area contributed by atoms with Gasteiger partial charge in [0, 0.05) is 25.4 Å². The molecule has 0 aromatic heterocycles. The summed E-state index contributed by atoms with van der Waals surface area (Å²) in [5.41, 5.74) is 5.33. The van der Waals surface area contributed by atoms with E-state index in [1.807, 2.05) is 0 Å². The fourth-order valence-electron chi connectivity index (χ4n) is 5.17. The maximum absolute atomic E-state index is 13.0. The number of halogens is 6.